The van der Waals surface area contributed by atoms with Gasteiger partial charge in [-0.1, -0.05) is 30.7 Å². The number of hydrogen-bond donors (Lipinski definition) is 1. The van der Waals surface area contributed by atoms with Gasteiger partial charge in [0.2, 0.25) is 5.91 Å². The van der Waals surface area contributed by atoms with Gasteiger partial charge in [-0.05, 0) is 37.0 Å². The molecule has 1 aliphatic rings. The van der Waals surface area contributed by atoms with Gasteiger partial charge in [0.15, 0.2) is 17.1 Å². The molecule has 0 saturated heterocycles. The van der Waals surface area contributed by atoms with Crippen molar-refractivity contribution >= 4 is 28.7 Å². The molecule has 0 aliphatic heterocycles. The van der Waals surface area contributed by atoms with Crippen LogP contribution in [0, 0.1) is 0 Å². The Labute approximate surface area is 213 Å². The number of nitrogens with zero attached hydrogens (tertiary/aromatic N) is 4. The summed E-state index contributed by atoms with van der Waals surface area (Å²) in [5.41, 5.74) is 0.430. The molecule has 1 fully saturated rings. The lowest BCUT2D eigenvalue weighted by Crippen LogP contribution is -2.38. The second kappa shape index (κ2) is 11.2. The van der Waals surface area contributed by atoms with E-state index in [9.17, 15) is 14.4 Å². The van der Waals surface area contributed by atoms with Crippen molar-refractivity contribution in [3.05, 3.63) is 50.4 Å². The number of carbonyl (C=O) groups is 1. The molecule has 2 heterocycles. The normalized spacial score (nSPS) is 13.8. The molecule has 0 unspecified atom stereocenters. The summed E-state index contributed by atoms with van der Waals surface area (Å²) < 4.78 is 13.0. The third kappa shape index (κ3) is 5.25. The molecule has 0 bridgehead atoms. The predicted octanol–water partition coefficient (Wildman–Crippen LogP) is 2.15. The average Bonchev–Trinajstić information content (AvgIpc) is 3.44. The van der Waals surface area contributed by atoms with Crippen LogP contribution in [0.4, 0.5) is 0 Å². The Balaban J connectivity index is 1.49. The highest BCUT2D eigenvalue weighted by atomic mass is 32.2. The van der Waals surface area contributed by atoms with Crippen LogP contribution in [0.2, 0.25) is 0 Å². The molecular weight excluding hydrogens is 482 g/mol. The molecule has 0 atom stereocenters. The third-order valence-electron chi connectivity index (χ3n) is 6.53. The summed E-state index contributed by atoms with van der Waals surface area (Å²) in [7, 11) is 6.21. The number of carbonyl (C=O) groups excluding carboxylic acids is 1. The highest BCUT2D eigenvalue weighted by Crippen LogP contribution is 2.34. The number of hydrogen-bond acceptors (Lipinski definition) is 8. The second-order valence-electron chi connectivity index (χ2n) is 8.85. The number of ether oxygens (including phenoxy) is 2. The Hall–Kier alpha value is -3.34. The zero-order chi connectivity index (χ0) is 25.8. The molecule has 1 aliphatic carbocycles. The Morgan fingerprint density at radius 2 is 1.81 bits per heavy atom. The first-order valence-electron chi connectivity index (χ1n) is 11.9. The number of nitrogens with one attached hydrogen (secondary N) is 1. The van der Waals surface area contributed by atoms with Crippen LogP contribution in [0.3, 0.4) is 0 Å². The number of benzene rings is 1. The maximum absolute atomic E-state index is 13.0. The molecule has 0 spiro atoms. The summed E-state index contributed by atoms with van der Waals surface area (Å²) >= 11 is 1.20. The van der Waals surface area contributed by atoms with Crippen LogP contribution < -0.4 is 26.0 Å². The molecule has 1 saturated carbocycles. The molecule has 11 heteroatoms. The fraction of sp³-hybridized carbons (Fsp3) is 0.480. The van der Waals surface area contributed by atoms with Crippen LogP contribution in [-0.2, 0) is 25.3 Å². The number of aromatic nitrogens is 4. The fourth-order valence-electron chi connectivity index (χ4n) is 4.48. The van der Waals surface area contributed by atoms with Crippen molar-refractivity contribution in [1.82, 2.24) is 24.4 Å². The highest BCUT2D eigenvalue weighted by molar-refractivity contribution is 8.00. The Bertz CT molecular complexity index is 1390. The van der Waals surface area contributed by atoms with E-state index in [-0.39, 0.29) is 23.0 Å². The molecule has 10 nitrogen and oxygen atoms in total. The van der Waals surface area contributed by atoms with Gasteiger partial charge in [-0.15, -0.1) is 0 Å². The molecule has 1 aromatic carbocycles. The molecule has 2 aromatic heterocycles. The molecular formula is C25H31N5O5S. The van der Waals surface area contributed by atoms with Crippen molar-refractivity contribution < 1.29 is 14.3 Å². The third-order valence-corrected chi connectivity index (χ3v) is 7.50. The van der Waals surface area contributed by atoms with Gasteiger partial charge in [-0.3, -0.25) is 18.7 Å². The lowest BCUT2D eigenvalue weighted by molar-refractivity contribution is -0.118. The van der Waals surface area contributed by atoms with E-state index in [0.717, 1.165) is 35.8 Å². The first kappa shape index (κ1) is 25.7. The number of rotatable bonds is 9. The second-order valence-corrected chi connectivity index (χ2v) is 9.81. The fourth-order valence-corrected chi connectivity index (χ4v) is 5.33. The van der Waals surface area contributed by atoms with Gasteiger partial charge in [-0.2, -0.15) is 0 Å². The Morgan fingerprint density at radius 1 is 1.08 bits per heavy atom. The van der Waals surface area contributed by atoms with Gasteiger partial charge in [0.1, 0.15) is 16.2 Å². The molecule has 4 rings (SSSR count). The van der Waals surface area contributed by atoms with Gasteiger partial charge in [0, 0.05) is 26.6 Å². The summed E-state index contributed by atoms with van der Waals surface area (Å²) in [5, 5.41) is 3.62. The average molecular weight is 514 g/mol. The van der Waals surface area contributed by atoms with Crippen LogP contribution in [0.15, 0.2) is 32.8 Å². The van der Waals surface area contributed by atoms with E-state index in [1.54, 1.807) is 21.3 Å². The maximum atomic E-state index is 13.0. The number of fused-ring (bicyclic) bond motifs is 1. The molecule has 1 amide bonds. The van der Waals surface area contributed by atoms with Crippen LogP contribution in [0.5, 0.6) is 11.5 Å². The Kier molecular flexibility index (Phi) is 7.97. The quantitative estimate of drug-likeness (QED) is 0.342. The van der Waals surface area contributed by atoms with Crippen molar-refractivity contribution in [2.24, 2.45) is 14.1 Å². The molecule has 1 N–H and O–H groups in total. The topological polar surface area (TPSA) is 117 Å². The van der Waals surface area contributed by atoms with E-state index in [2.05, 4.69) is 10.3 Å². The number of methoxy groups -OCH3 is 2. The van der Waals surface area contributed by atoms with Gasteiger partial charge in [-0.25, -0.2) is 14.8 Å². The van der Waals surface area contributed by atoms with Crippen LogP contribution >= 0.6 is 11.8 Å². The lowest BCUT2D eigenvalue weighted by Gasteiger charge is -2.14. The number of amides is 1. The predicted molar refractivity (Wildman–Crippen MR) is 138 cm³/mol. The standard InChI is InChI=1S/C25H31N5O5S/c1-29-22-20(24(32)30(2)25(29)33)23(28-21(27-22)16-7-5-6-8-16)36-14-19(31)26-12-11-15-9-10-17(34-3)18(13-15)35-4/h9-10,13,16H,5-8,11-12,14H2,1-4H3,(H,26,31). The largest absolute Gasteiger partial charge is 0.493 e. The summed E-state index contributed by atoms with van der Waals surface area (Å²) in [6.45, 7) is 0.447. The van der Waals surface area contributed by atoms with Crippen LogP contribution in [0.1, 0.15) is 43.0 Å². The van der Waals surface area contributed by atoms with Crippen molar-refractivity contribution in [1.29, 1.82) is 0 Å². The molecule has 192 valence electrons. The first-order valence-corrected chi connectivity index (χ1v) is 12.9. The number of aryl methyl sites for hydroxylation is 1. The zero-order valence-electron chi connectivity index (χ0n) is 21.0. The Morgan fingerprint density at radius 3 is 2.50 bits per heavy atom. The van der Waals surface area contributed by atoms with Gasteiger partial charge in [0.25, 0.3) is 5.56 Å². The minimum Gasteiger partial charge on any atom is -0.493 e. The van der Waals surface area contributed by atoms with Crippen molar-refractivity contribution in [2.45, 2.75) is 43.0 Å². The highest BCUT2D eigenvalue weighted by Gasteiger charge is 2.24. The zero-order valence-corrected chi connectivity index (χ0v) is 21.8. The van der Waals surface area contributed by atoms with E-state index in [0.29, 0.717) is 41.0 Å². The van der Waals surface area contributed by atoms with Crippen molar-refractivity contribution in [2.75, 3.05) is 26.5 Å². The minimum absolute atomic E-state index is 0.0914. The number of thioether (sulfide) groups is 1. The molecule has 0 radical (unpaired) electrons. The van der Waals surface area contributed by atoms with Gasteiger partial charge < -0.3 is 14.8 Å². The minimum atomic E-state index is -0.456. The SMILES string of the molecule is COc1ccc(CCNC(=O)CSc2nc(C3CCCC3)nc3c2c(=O)n(C)c(=O)n3C)cc1OC. The van der Waals surface area contributed by atoms with Crippen molar-refractivity contribution in [3.8, 4) is 11.5 Å². The van der Waals surface area contributed by atoms with E-state index in [1.807, 2.05) is 18.2 Å². The van der Waals surface area contributed by atoms with Crippen molar-refractivity contribution in [3.63, 3.8) is 0 Å². The van der Waals surface area contributed by atoms with E-state index >= 15 is 0 Å². The monoisotopic (exact) mass is 513 g/mol. The van der Waals surface area contributed by atoms with E-state index in [4.69, 9.17) is 14.5 Å². The summed E-state index contributed by atoms with van der Waals surface area (Å²) in [4.78, 5) is 47.4. The van der Waals surface area contributed by atoms with Crippen LogP contribution in [0.25, 0.3) is 11.0 Å². The lowest BCUT2D eigenvalue weighted by atomic mass is 10.1. The van der Waals surface area contributed by atoms with Gasteiger partial charge in [0.05, 0.1) is 20.0 Å². The smallest absolute Gasteiger partial charge is 0.332 e. The molecule has 3 aromatic rings. The van der Waals surface area contributed by atoms with Gasteiger partial charge >= 0.3 is 5.69 Å². The van der Waals surface area contributed by atoms with E-state index < -0.39 is 11.2 Å². The summed E-state index contributed by atoms with van der Waals surface area (Å²) in [6, 6.07) is 5.65. The summed E-state index contributed by atoms with van der Waals surface area (Å²) in [6.07, 6.45) is 4.79. The maximum Gasteiger partial charge on any atom is 0.332 e. The summed E-state index contributed by atoms with van der Waals surface area (Å²) in [5.74, 6) is 2.05. The van der Waals surface area contributed by atoms with E-state index in [1.165, 1.54) is 23.4 Å². The van der Waals surface area contributed by atoms with Crippen LogP contribution in [-0.4, -0.2) is 51.5 Å². The first-order chi connectivity index (χ1) is 17.3. The molecule has 36 heavy (non-hydrogen) atoms.